The molecular formula is C21H18O3. The third-order valence-electron chi connectivity index (χ3n) is 3.83. The Kier molecular flexibility index (Phi) is 5.04. The highest BCUT2D eigenvalue weighted by Crippen LogP contribution is 2.26. The van der Waals surface area contributed by atoms with Crippen molar-refractivity contribution in [3.8, 4) is 11.1 Å². The van der Waals surface area contributed by atoms with E-state index in [0.29, 0.717) is 5.56 Å². The molecule has 0 bridgehead atoms. The lowest BCUT2D eigenvalue weighted by Gasteiger charge is -2.16. The highest BCUT2D eigenvalue weighted by molar-refractivity contribution is 5.74. The zero-order valence-electron chi connectivity index (χ0n) is 13.1. The first-order chi connectivity index (χ1) is 11.8. The van der Waals surface area contributed by atoms with Crippen molar-refractivity contribution in [2.75, 3.05) is 0 Å². The van der Waals surface area contributed by atoms with Crippen LogP contribution in [0.1, 0.15) is 17.2 Å². The first-order valence-electron chi connectivity index (χ1n) is 7.78. The Bertz CT molecular complexity index is 798. The minimum absolute atomic E-state index is 0.233. The number of carbonyl (C=O) groups is 1. The number of rotatable bonds is 6. The molecule has 0 aromatic heterocycles. The molecule has 0 aliphatic heterocycles. The zero-order valence-corrected chi connectivity index (χ0v) is 13.1. The largest absolute Gasteiger partial charge is 0.479 e. The fraction of sp³-hybridized carbons (Fsp3) is 0.0952. The summed E-state index contributed by atoms with van der Waals surface area (Å²) in [4.78, 5) is 11.6. The van der Waals surface area contributed by atoms with E-state index in [0.717, 1.165) is 16.7 Å². The summed E-state index contributed by atoms with van der Waals surface area (Å²) in [6, 6.07) is 26.9. The van der Waals surface area contributed by atoms with Gasteiger partial charge in [0.2, 0.25) is 0 Å². The number of aliphatic carboxylic acids is 1. The van der Waals surface area contributed by atoms with Crippen molar-refractivity contribution in [2.24, 2.45) is 0 Å². The van der Waals surface area contributed by atoms with Crippen molar-refractivity contribution >= 4 is 5.97 Å². The maximum Gasteiger partial charge on any atom is 0.337 e. The van der Waals surface area contributed by atoms with Crippen LogP contribution >= 0.6 is 0 Å². The highest BCUT2D eigenvalue weighted by atomic mass is 16.5. The van der Waals surface area contributed by atoms with Crippen molar-refractivity contribution in [1.82, 2.24) is 0 Å². The first kappa shape index (κ1) is 16.0. The molecule has 0 unspecified atom stereocenters. The quantitative estimate of drug-likeness (QED) is 0.717. The molecule has 0 radical (unpaired) electrons. The maximum atomic E-state index is 11.6. The Morgan fingerprint density at radius 2 is 1.42 bits per heavy atom. The molecule has 3 aromatic rings. The van der Waals surface area contributed by atoms with Crippen LogP contribution in [0, 0.1) is 0 Å². The number of hydrogen-bond acceptors (Lipinski definition) is 2. The molecule has 0 aliphatic rings. The van der Waals surface area contributed by atoms with Crippen molar-refractivity contribution in [3.63, 3.8) is 0 Å². The average Bonchev–Trinajstić information content (AvgIpc) is 2.64. The van der Waals surface area contributed by atoms with Gasteiger partial charge in [-0.3, -0.25) is 0 Å². The van der Waals surface area contributed by atoms with E-state index in [9.17, 15) is 9.90 Å². The summed E-state index contributed by atoms with van der Waals surface area (Å²) >= 11 is 0. The van der Waals surface area contributed by atoms with Gasteiger partial charge in [0, 0.05) is 0 Å². The Morgan fingerprint density at radius 1 is 0.833 bits per heavy atom. The SMILES string of the molecule is O=C(O)[C@@H](OCc1ccccc1-c1ccccc1)c1ccccc1. The highest BCUT2D eigenvalue weighted by Gasteiger charge is 2.20. The Morgan fingerprint density at radius 3 is 2.08 bits per heavy atom. The Labute approximate surface area is 141 Å². The number of carboxylic acid groups (broad SMARTS) is 1. The second-order valence-corrected chi connectivity index (χ2v) is 5.46. The molecule has 24 heavy (non-hydrogen) atoms. The minimum Gasteiger partial charge on any atom is -0.479 e. The Hall–Kier alpha value is -2.91. The van der Waals surface area contributed by atoms with E-state index in [-0.39, 0.29) is 6.61 Å². The number of carboxylic acids is 1. The molecule has 0 amide bonds. The molecule has 0 heterocycles. The van der Waals surface area contributed by atoms with Crippen molar-refractivity contribution in [1.29, 1.82) is 0 Å². The third-order valence-corrected chi connectivity index (χ3v) is 3.83. The normalized spacial score (nSPS) is 11.8. The van der Waals surface area contributed by atoms with Crippen LogP contribution in [0.2, 0.25) is 0 Å². The third kappa shape index (κ3) is 3.70. The molecule has 0 spiro atoms. The van der Waals surface area contributed by atoms with Gasteiger partial charge in [-0.25, -0.2) is 4.79 Å². The molecule has 0 aliphatic carbocycles. The van der Waals surface area contributed by atoms with Crippen LogP contribution in [0.3, 0.4) is 0 Å². The predicted molar refractivity (Wildman–Crippen MR) is 93.5 cm³/mol. The van der Waals surface area contributed by atoms with Crippen LogP contribution in [0.4, 0.5) is 0 Å². The summed E-state index contributed by atoms with van der Waals surface area (Å²) in [5, 5.41) is 9.47. The van der Waals surface area contributed by atoms with Crippen molar-refractivity contribution in [2.45, 2.75) is 12.7 Å². The standard InChI is InChI=1S/C21H18O3/c22-21(23)20(17-11-5-2-6-12-17)24-15-18-13-7-8-14-19(18)16-9-3-1-4-10-16/h1-14,20H,15H2,(H,22,23)/t20-/m0/s1. The summed E-state index contributed by atoms with van der Waals surface area (Å²) in [6.45, 7) is 0.233. The van der Waals surface area contributed by atoms with Crippen LogP contribution in [0.25, 0.3) is 11.1 Å². The summed E-state index contributed by atoms with van der Waals surface area (Å²) in [5.74, 6) is -0.988. The number of ether oxygens (including phenoxy) is 1. The molecular weight excluding hydrogens is 300 g/mol. The summed E-state index contributed by atoms with van der Waals surface area (Å²) in [5.41, 5.74) is 3.74. The van der Waals surface area contributed by atoms with Crippen LogP contribution in [0.15, 0.2) is 84.9 Å². The van der Waals surface area contributed by atoms with E-state index < -0.39 is 12.1 Å². The Balaban J connectivity index is 1.83. The molecule has 0 saturated heterocycles. The monoisotopic (exact) mass is 318 g/mol. The van der Waals surface area contributed by atoms with Gasteiger partial charge in [0.15, 0.2) is 6.10 Å². The van der Waals surface area contributed by atoms with Crippen LogP contribution in [-0.2, 0) is 16.1 Å². The summed E-state index contributed by atoms with van der Waals surface area (Å²) < 4.78 is 5.74. The van der Waals surface area contributed by atoms with Gasteiger partial charge in [0.05, 0.1) is 6.61 Å². The van der Waals surface area contributed by atoms with Gasteiger partial charge >= 0.3 is 5.97 Å². The van der Waals surface area contributed by atoms with Gasteiger partial charge in [-0.2, -0.15) is 0 Å². The average molecular weight is 318 g/mol. The molecule has 1 atom stereocenters. The first-order valence-corrected chi connectivity index (χ1v) is 7.78. The minimum atomic E-state index is -0.988. The van der Waals surface area contributed by atoms with Gasteiger partial charge < -0.3 is 9.84 Å². The maximum absolute atomic E-state index is 11.6. The molecule has 0 fully saturated rings. The van der Waals surface area contributed by atoms with Gasteiger partial charge in [0.25, 0.3) is 0 Å². The van der Waals surface area contributed by atoms with E-state index in [4.69, 9.17) is 4.74 Å². The smallest absolute Gasteiger partial charge is 0.337 e. The molecule has 1 N–H and O–H groups in total. The summed E-state index contributed by atoms with van der Waals surface area (Å²) in [6.07, 6.45) is -0.977. The second kappa shape index (κ2) is 7.57. The van der Waals surface area contributed by atoms with E-state index >= 15 is 0 Å². The lowest BCUT2D eigenvalue weighted by Crippen LogP contribution is -2.15. The van der Waals surface area contributed by atoms with E-state index in [1.165, 1.54) is 0 Å². The van der Waals surface area contributed by atoms with Gasteiger partial charge in [-0.1, -0.05) is 84.9 Å². The van der Waals surface area contributed by atoms with E-state index in [2.05, 4.69) is 0 Å². The summed E-state index contributed by atoms with van der Waals surface area (Å²) in [7, 11) is 0. The molecule has 120 valence electrons. The number of hydrogen-bond donors (Lipinski definition) is 1. The van der Waals surface area contributed by atoms with Crippen molar-refractivity contribution in [3.05, 3.63) is 96.1 Å². The molecule has 3 rings (SSSR count). The van der Waals surface area contributed by atoms with Crippen LogP contribution < -0.4 is 0 Å². The van der Waals surface area contributed by atoms with Gasteiger partial charge in [-0.05, 0) is 22.3 Å². The molecule has 3 aromatic carbocycles. The lowest BCUT2D eigenvalue weighted by molar-refractivity contribution is -0.151. The topological polar surface area (TPSA) is 46.5 Å². The van der Waals surface area contributed by atoms with Crippen LogP contribution in [-0.4, -0.2) is 11.1 Å². The van der Waals surface area contributed by atoms with E-state index in [1.54, 1.807) is 12.1 Å². The fourth-order valence-corrected chi connectivity index (χ4v) is 2.66. The van der Waals surface area contributed by atoms with Crippen LogP contribution in [0.5, 0.6) is 0 Å². The zero-order chi connectivity index (χ0) is 16.8. The van der Waals surface area contributed by atoms with Crippen molar-refractivity contribution < 1.29 is 14.6 Å². The van der Waals surface area contributed by atoms with Gasteiger partial charge in [0.1, 0.15) is 0 Å². The second-order valence-electron chi connectivity index (χ2n) is 5.46. The molecule has 0 saturated carbocycles. The lowest BCUT2D eigenvalue weighted by atomic mass is 10.0. The number of benzene rings is 3. The molecule has 3 nitrogen and oxygen atoms in total. The predicted octanol–water partition coefficient (Wildman–Crippen LogP) is 4.70. The van der Waals surface area contributed by atoms with Gasteiger partial charge in [-0.15, -0.1) is 0 Å². The van der Waals surface area contributed by atoms with E-state index in [1.807, 2.05) is 72.8 Å². The fourth-order valence-electron chi connectivity index (χ4n) is 2.66. The molecule has 3 heteroatoms.